The van der Waals surface area contributed by atoms with Crippen LogP contribution < -0.4 is 5.32 Å². The predicted molar refractivity (Wildman–Crippen MR) is 99.9 cm³/mol. The molecule has 1 aliphatic rings. The maximum atomic E-state index is 12.9. The van der Waals surface area contributed by atoms with E-state index in [4.69, 9.17) is 0 Å². The SMILES string of the molecule is O=C(Nc1nncs1)c1cc(S(=O)(=O)N2CCc3ccccc3C2)cs1. The summed E-state index contributed by atoms with van der Waals surface area (Å²) in [5.74, 6) is -0.391. The van der Waals surface area contributed by atoms with Crippen LogP contribution in [0.25, 0.3) is 0 Å². The minimum absolute atomic E-state index is 0.143. The third-order valence-electron chi connectivity index (χ3n) is 4.11. The fraction of sp³-hybridized carbons (Fsp3) is 0.188. The van der Waals surface area contributed by atoms with Crippen molar-refractivity contribution in [3.05, 3.63) is 57.2 Å². The van der Waals surface area contributed by atoms with Crippen molar-refractivity contribution in [3.8, 4) is 0 Å². The van der Waals surface area contributed by atoms with E-state index in [1.165, 1.54) is 38.2 Å². The second-order valence-corrected chi connectivity index (χ2v) is 9.38. The monoisotopic (exact) mass is 406 g/mol. The van der Waals surface area contributed by atoms with Gasteiger partial charge < -0.3 is 0 Å². The minimum atomic E-state index is -3.64. The summed E-state index contributed by atoms with van der Waals surface area (Å²) in [6, 6.07) is 9.27. The molecule has 1 aliphatic heterocycles. The molecule has 26 heavy (non-hydrogen) atoms. The van der Waals surface area contributed by atoms with Crippen molar-refractivity contribution in [2.24, 2.45) is 0 Å². The van der Waals surface area contributed by atoms with Crippen LogP contribution in [0.5, 0.6) is 0 Å². The van der Waals surface area contributed by atoms with Gasteiger partial charge in [0.2, 0.25) is 15.2 Å². The maximum absolute atomic E-state index is 12.9. The molecule has 10 heteroatoms. The van der Waals surface area contributed by atoms with Crippen molar-refractivity contribution < 1.29 is 13.2 Å². The first-order chi connectivity index (χ1) is 12.5. The molecule has 0 spiro atoms. The average molecular weight is 407 g/mol. The van der Waals surface area contributed by atoms with E-state index in [1.807, 2.05) is 24.3 Å². The van der Waals surface area contributed by atoms with Gasteiger partial charge in [-0.05, 0) is 23.6 Å². The minimum Gasteiger partial charge on any atom is -0.296 e. The summed E-state index contributed by atoms with van der Waals surface area (Å²) >= 11 is 2.29. The smallest absolute Gasteiger partial charge is 0.267 e. The summed E-state index contributed by atoms with van der Waals surface area (Å²) in [4.78, 5) is 12.7. The Balaban J connectivity index is 1.54. The predicted octanol–water partition coefficient (Wildman–Crippen LogP) is 2.60. The molecule has 4 rings (SSSR count). The van der Waals surface area contributed by atoms with Gasteiger partial charge in [-0.15, -0.1) is 21.5 Å². The van der Waals surface area contributed by atoms with E-state index >= 15 is 0 Å². The number of amides is 1. The highest BCUT2D eigenvalue weighted by Crippen LogP contribution is 2.28. The lowest BCUT2D eigenvalue weighted by atomic mass is 10.0. The zero-order valence-electron chi connectivity index (χ0n) is 13.5. The highest BCUT2D eigenvalue weighted by atomic mass is 32.2. The third kappa shape index (κ3) is 3.28. The molecule has 3 aromatic rings. The molecule has 1 N–H and O–H groups in total. The Morgan fingerprint density at radius 3 is 2.77 bits per heavy atom. The molecule has 0 fully saturated rings. The molecule has 0 saturated heterocycles. The van der Waals surface area contributed by atoms with Crippen molar-refractivity contribution in [2.75, 3.05) is 11.9 Å². The van der Waals surface area contributed by atoms with Crippen molar-refractivity contribution in [1.82, 2.24) is 14.5 Å². The molecular weight excluding hydrogens is 392 g/mol. The number of carbonyl (C=O) groups is 1. The van der Waals surface area contributed by atoms with Gasteiger partial charge in [0.25, 0.3) is 5.91 Å². The summed E-state index contributed by atoms with van der Waals surface area (Å²) in [5, 5.41) is 11.9. The van der Waals surface area contributed by atoms with E-state index < -0.39 is 15.9 Å². The lowest BCUT2D eigenvalue weighted by molar-refractivity contribution is 0.103. The largest absolute Gasteiger partial charge is 0.296 e. The zero-order chi connectivity index (χ0) is 18.1. The number of nitrogens with one attached hydrogen (secondary N) is 1. The van der Waals surface area contributed by atoms with Crippen molar-refractivity contribution in [3.63, 3.8) is 0 Å². The first kappa shape index (κ1) is 17.3. The molecule has 2 aromatic heterocycles. The molecular formula is C16H14N4O3S3. The first-order valence-electron chi connectivity index (χ1n) is 7.77. The number of nitrogens with zero attached hydrogens (tertiary/aromatic N) is 3. The molecule has 0 unspecified atom stereocenters. The summed E-state index contributed by atoms with van der Waals surface area (Å²) in [6.45, 7) is 0.780. The maximum Gasteiger partial charge on any atom is 0.267 e. The van der Waals surface area contributed by atoms with E-state index in [0.29, 0.717) is 29.5 Å². The highest BCUT2D eigenvalue weighted by molar-refractivity contribution is 7.89. The number of aromatic nitrogens is 2. The number of sulfonamides is 1. The van der Waals surface area contributed by atoms with Crippen LogP contribution in [-0.4, -0.2) is 35.4 Å². The summed E-state index contributed by atoms with van der Waals surface area (Å²) in [7, 11) is -3.64. The molecule has 0 atom stereocenters. The Labute approximate surface area is 158 Å². The molecule has 134 valence electrons. The Morgan fingerprint density at radius 1 is 1.19 bits per heavy atom. The van der Waals surface area contributed by atoms with Crippen LogP contribution in [0.3, 0.4) is 0 Å². The number of fused-ring (bicyclic) bond motifs is 1. The van der Waals surface area contributed by atoms with Gasteiger partial charge in [0.15, 0.2) is 0 Å². The average Bonchev–Trinajstić information content (AvgIpc) is 3.33. The topological polar surface area (TPSA) is 92.3 Å². The number of thiophene rings is 1. The molecule has 0 saturated carbocycles. The van der Waals surface area contributed by atoms with Crippen LogP contribution in [0, 0.1) is 0 Å². The van der Waals surface area contributed by atoms with Gasteiger partial charge in [0, 0.05) is 18.5 Å². The van der Waals surface area contributed by atoms with E-state index in [1.54, 1.807) is 0 Å². The van der Waals surface area contributed by atoms with Gasteiger partial charge in [-0.25, -0.2) is 8.42 Å². The molecule has 1 amide bonds. The number of hydrogen-bond acceptors (Lipinski definition) is 7. The quantitative estimate of drug-likeness (QED) is 0.719. The Bertz CT molecular complexity index is 1040. The highest BCUT2D eigenvalue weighted by Gasteiger charge is 2.29. The number of carbonyl (C=O) groups excluding carboxylic acids is 1. The van der Waals surface area contributed by atoms with Gasteiger partial charge in [0.1, 0.15) is 5.51 Å². The number of rotatable bonds is 4. The molecule has 1 aromatic carbocycles. The zero-order valence-corrected chi connectivity index (χ0v) is 15.9. The molecule has 0 radical (unpaired) electrons. The van der Waals surface area contributed by atoms with Crippen molar-refractivity contribution in [1.29, 1.82) is 0 Å². The molecule has 3 heterocycles. The summed E-state index contributed by atoms with van der Waals surface area (Å²) in [5.41, 5.74) is 3.71. The van der Waals surface area contributed by atoms with Crippen molar-refractivity contribution in [2.45, 2.75) is 17.9 Å². The van der Waals surface area contributed by atoms with Crippen LogP contribution in [0.15, 0.2) is 46.1 Å². The summed E-state index contributed by atoms with van der Waals surface area (Å²) in [6.07, 6.45) is 0.684. The normalized spacial score (nSPS) is 14.8. The second kappa shape index (κ2) is 6.88. The van der Waals surface area contributed by atoms with Gasteiger partial charge in [0.05, 0.1) is 9.77 Å². The number of hydrogen-bond donors (Lipinski definition) is 1. The van der Waals surface area contributed by atoms with Crippen LogP contribution in [-0.2, 0) is 23.0 Å². The third-order valence-corrected chi connectivity index (χ3v) is 7.62. The fourth-order valence-electron chi connectivity index (χ4n) is 2.78. The van der Waals surface area contributed by atoms with Crippen molar-refractivity contribution >= 4 is 43.7 Å². The Hall–Kier alpha value is -2.14. The van der Waals surface area contributed by atoms with E-state index in [9.17, 15) is 13.2 Å². The lowest BCUT2D eigenvalue weighted by Crippen LogP contribution is -2.35. The second-order valence-electron chi connectivity index (χ2n) is 5.70. The van der Waals surface area contributed by atoms with Gasteiger partial charge in [-0.1, -0.05) is 35.6 Å². The van der Waals surface area contributed by atoms with Crippen LogP contribution in [0.2, 0.25) is 0 Å². The van der Waals surface area contributed by atoms with Crippen LogP contribution in [0.4, 0.5) is 5.13 Å². The Morgan fingerprint density at radius 2 is 2.00 bits per heavy atom. The Kier molecular flexibility index (Phi) is 4.57. The number of benzene rings is 1. The first-order valence-corrected chi connectivity index (χ1v) is 11.0. The fourth-order valence-corrected chi connectivity index (χ4v) is 5.80. The molecule has 7 nitrogen and oxygen atoms in total. The van der Waals surface area contributed by atoms with Crippen LogP contribution >= 0.6 is 22.7 Å². The molecule has 0 bridgehead atoms. The van der Waals surface area contributed by atoms with E-state index in [2.05, 4.69) is 15.5 Å². The lowest BCUT2D eigenvalue weighted by Gasteiger charge is -2.27. The molecule has 0 aliphatic carbocycles. The van der Waals surface area contributed by atoms with E-state index in [0.717, 1.165) is 16.9 Å². The number of anilines is 1. The summed E-state index contributed by atoms with van der Waals surface area (Å²) < 4.78 is 27.3. The van der Waals surface area contributed by atoms with Gasteiger partial charge >= 0.3 is 0 Å². The van der Waals surface area contributed by atoms with Gasteiger partial charge in [-0.3, -0.25) is 10.1 Å². The standard InChI is InChI=1S/C16H14N4O3S3/c21-15(18-16-19-17-10-25-16)14-7-13(9-24-14)26(22,23)20-6-5-11-3-1-2-4-12(11)8-20/h1-4,7,9-10H,5-6,8H2,(H,18,19,21). The van der Waals surface area contributed by atoms with Gasteiger partial charge in [-0.2, -0.15) is 4.31 Å². The van der Waals surface area contributed by atoms with Crippen LogP contribution in [0.1, 0.15) is 20.8 Å². The van der Waals surface area contributed by atoms with E-state index in [-0.39, 0.29) is 4.90 Å².